The zero-order valence-corrected chi connectivity index (χ0v) is 16.6. The first kappa shape index (κ1) is 19.1. The van der Waals surface area contributed by atoms with Crippen LogP contribution < -0.4 is 4.74 Å². The second kappa shape index (κ2) is 8.37. The van der Waals surface area contributed by atoms with Crippen molar-refractivity contribution in [2.75, 3.05) is 34.5 Å². The van der Waals surface area contributed by atoms with E-state index in [4.69, 9.17) is 19.3 Å². The van der Waals surface area contributed by atoms with Crippen LogP contribution in [-0.2, 0) is 16.5 Å². The minimum atomic E-state index is 0.504. The molecule has 3 rings (SSSR count). The summed E-state index contributed by atoms with van der Waals surface area (Å²) >= 11 is 0. The molecule has 0 unspecified atom stereocenters. The third-order valence-electron chi connectivity index (χ3n) is 4.69. The molecule has 3 aromatic rings. The lowest BCUT2D eigenvalue weighted by Gasteiger charge is -2.10. The van der Waals surface area contributed by atoms with E-state index in [1.807, 2.05) is 29.9 Å². The molecule has 5 nitrogen and oxygen atoms in total. The van der Waals surface area contributed by atoms with Gasteiger partial charge in [-0.2, -0.15) is 5.10 Å². The Hall–Kier alpha value is -2.63. The van der Waals surface area contributed by atoms with Crippen molar-refractivity contribution in [1.29, 1.82) is 0 Å². The number of hydrogen-bond acceptors (Lipinski definition) is 4. The lowest BCUT2D eigenvalue weighted by molar-refractivity contribution is 0.227. The van der Waals surface area contributed by atoms with E-state index < -0.39 is 0 Å². The molecule has 0 saturated heterocycles. The van der Waals surface area contributed by atoms with Crippen molar-refractivity contribution in [2.45, 2.75) is 6.92 Å². The molecule has 0 spiro atoms. The van der Waals surface area contributed by atoms with Crippen LogP contribution in [0.3, 0.4) is 0 Å². The highest BCUT2D eigenvalue weighted by atomic mass is 16.5. The van der Waals surface area contributed by atoms with Gasteiger partial charge in [0.25, 0.3) is 0 Å². The molecule has 27 heavy (non-hydrogen) atoms. The van der Waals surface area contributed by atoms with Gasteiger partial charge in [-0.1, -0.05) is 30.3 Å². The number of hydrogen-bond donors (Lipinski definition) is 0. The maximum atomic E-state index is 5.41. The van der Waals surface area contributed by atoms with Gasteiger partial charge in [0.15, 0.2) is 0 Å². The van der Waals surface area contributed by atoms with Crippen LogP contribution in [0.1, 0.15) is 11.3 Å². The predicted molar refractivity (Wildman–Crippen MR) is 109 cm³/mol. The molecule has 0 atom stereocenters. The molecule has 0 saturated carbocycles. The van der Waals surface area contributed by atoms with Gasteiger partial charge >= 0.3 is 0 Å². The van der Waals surface area contributed by atoms with Crippen molar-refractivity contribution in [3.05, 3.63) is 53.7 Å². The Morgan fingerprint density at radius 3 is 2.56 bits per heavy atom. The third-order valence-corrected chi connectivity index (χ3v) is 4.69. The van der Waals surface area contributed by atoms with Crippen LogP contribution in [0.25, 0.3) is 27.6 Å². The average molecular weight is 366 g/mol. The van der Waals surface area contributed by atoms with Crippen LogP contribution in [0.5, 0.6) is 5.75 Å². The molecule has 0 aliphatic heterocycles. The summed E-state index contributed by atoms with van der Waals surface area (Å²) in [7, 11) is 7.04. The summed E-state index contributed by atoms with van der Waals surface area (Å²) in [6.45, 7) is 3.13. The Labute approximate surface area is 160 Å². The van der Waals surface area contributed by atoms with Crippen molar-refractivity contribution < 1.29 is 14.2 Å². The van der Waals surface area contributed by atoms with E-state index in [-0.39, 0.29) is 0 Å². The van der Waals surface area contributed by atoms with E-state index in [0.29, 0.717) is 13.2 Å². The molecule has 0 fully saturated rings. The largest absolute Gasteiger partial charge is 0.497 e. The molecule has 0 radical (unpaired) electrons. The summed E-state index contributed by atoms with van der Waals surface area (Å²) in [6.07, 6.45) is 2.05. The topological polar surface area (TPSA) is 45.5 Å². The number of aromatic nitrogens is 2. The van der Waals surface area contributed by atoms with E-state index in [0.717, 1.165) is 44.6 Å². The van der Waals surface area contributed by atoms with Crippen LogP contribution in [0.15, 0.2) is 42.5 Å². The van der Waals surface area contributed by atoms with Gasteiger partial charge in [-0.25, -0.2) is 0 Å². The van der Waals surface area contributed by atoms with Crippen LogP contribution >= 0.6 is 0 Å². The summed E-state index contributed by atoms with van der Waals surface area (Å²) in [5.41, 5.74) is 6.51. The van der Waals surface area contributed by atoms with Crippen molar-refractivity contribution in [3.63, 3.8) is 0 Å². The Morgan fingerprint density at radius 2 is 1.89 bits per heavy atom. The number of rotatable bonds is 7. The highest BCUT2D eigenvalue weighted by Gasteiger charge is 2.17. The Bertz CT molecular complexity index is 973. The molecular weight excluding hydrogens is 340 g/mol. The molecular formula is C22H26N2O3. The van der Waals surface area contributed by atoms with E-state index in [2.05, 4.69) is 31.2 Å². The molecule has 0 N–H and O–H groups in total. The van der Waals surface area contributed by atoms with Crippen LogP contribution in [-0.4, -0.2) is 44.3 Å². The van der Waals surface area contributed by atoms with E-state index >= 15 is 0 Å². The van der Waals surface area contributed by atoms with Crippen LogP contribution in [0.4, 0.5) is 0 Å². The third kappa shape index (κ3) is 3.75. The average Bonchev–Trinajstić information content (AvgIpc) is 3.01. The van der Waals surface area contributed by atoms with E-state index in [1.165, 1.54) is 0 Å². The number of fused-ring (bicyclic) bond motifs is 1. The normalized spacial score (nSPS) is 12.0. The van der Waals surface area contributed by atoms with Crippen LogP contribution in [0, 0.1) is 6.92 Å². The summed E-state index contributed by atoms with van der Waals surface area (Å²) in [5, 5.41) is 5.93. The number of methoxy groups -OCH3 is 3. The molecule has 0 bridgehead atoms. The summed E-state index contributed by atoms with van der Waals surface area (Å²) in [4.78, 5) is 0. The monoisotopic (exact) mass is 366 g/mol. The molecule has 0 aliphatic rings. The Balaban J connectivity index is 2.19. The maximum absolute atomic E-state index is 5.41. The first-order valence-electron chi connectivity index (χ1n) is 8.88. The zero-order chi connectivity index (χ0) is 19.4. The number of aryl methyl sites for hydroxylation is 2. The summed E-state index contributed by atoms with van der Waals surface area (Å²) < 4.78 is 17.9. The van der Waals surface area contributed by atoms with Gasteiger partial charge in [0.1, 0.15) is 11.3 Å². The molecule has 0 amide bonds. The number of benzene rings is 2. The van der Waals surface area contributed by atoms with Crippen molar-refractivity contribution in [2.24, 2.45) is 7.05 Å². The van der Waals surface area contributed by atoms with Gasteiger partial charge in [-0.3, -0.25) is 4.68 Å². The molecule has 5 heteroatoms. The molecule has 1 heterocycles. The van der Waals surface area contributed by atoms with Gasteiger partial charge in [0, 0.05) is 37.8 Å². The van der Waals surface area contributed by atoms with Gasteiger partial charge in [-0.15, -0.1) is 0 Å². The van der Waals surface area contributed by atoms with Gasteiger partial charge in [-0.05, 0) is 30.2 Å². The van der Waals surface area contributed by atoms with Gasteiger partial charge in [0.05, 0.1) is 26.0 Å². The predicted octanol–water partition coefficient (Wildman–Crippen LogP) is 4.23. The maximum Gasteiger partial charge on any atom is 0.119 e. The zero-order valence-electron chi connectivity index (χ0n) is 16.6. The minimum absolute atomic E-state index is 0.504. The second-order valence-electron chi connectivity index (χ2n) is 6.47. The highest BCUT2D eigenvalue weighted by Crippen LogP contribution is 2.35. The number of nitrogens with zero attached hydrogens (tertiary/aromatic N) is 2. The SMILES string of the molecule is COC/C=C(/COC)c1c2cccc(-c3ccc(OC)cc3C)c2nn1C. The van der Waals surface area contributed by atoms with Crippen molar-refractivity contribution in [1.82, 2.24) is 9.78 Å². The van der Waals surface area contributed by atoms with Crippen molar-refractivity contribution in [3.8, 4) is 16.9 Å². The fourth-order valence-electron chi connectivity index (χ4n) is 3.44. The highest BCUT2D eigenvalue weighted by molar-refractivity contribution is 6.00. The Kier molecular flexibility index (Phi) is 5.94. The lowest BCUT2D eigenvalue weighted by atomic mass is 9.97. The summed E-state index contributed by atoms with van der Waals surface area (Å²) in [6, 6.07) is 12.4. The fraction of sp³-hybridized carbons (Fsp3) is 0.318. The second-order valence-corrected chi connectivity index (χ2v) is 6.47. The summed E-state index contributed by atoms with van der Waals surface area (Å²) in [5.74, 6) is 0.856. The standard InChI is InChI=1S/C22H26N2O3/c1-15-13-17(27-5)9-10-18(15)19-7-6-8-20-21(19)23-24(2)22(20)16(14-26-4)11-12-25-3/h6-11,13H,12,14H2,1-5H3/b16-11-. The minimum Gasteiger partial charge on any atom is -0.497 e. The van der Waals surface area contributed by atoms with E-state index in [9.17, 15) is 0 Å². The fourth-order valence-corrected chi connectivity index (χ4v) is 3.44. The first-order valence-corrected chi connectivity index (χ1v) is 8.88. The molecule has 2 aromatic carbocycles. The van der Waals surface area contributed by atoms with Crippen LogP contribution in [0.2, 0.25) is 0 Å². The molecule has 142 valence electrons. The first-order chi connectivity index (χ1) is 13.1. The van der Waals surface area contributed by atoms with Crippen molar-refractivity contribution >= 4 is 16.5 Å². The smallest absolute Gasteiger partial charge is 0.119 e. The molecule has 1 aromatic heterocycles. The lowest BCUT2D eigenvalue weighted by Crippen LogP contribution is -2.03. The van der Waals surface area contributed by atoms with Gasteiger partial charge in [0.2, 0.25) is 0 Å². The molecule has 0 aliphatic carbocycles. The Morgan fingerprint density at radius 1 is 1.07 bits per heavy atom. The quantitative estimate of drug-likeness (QED) is 0.628. The number of ether oxygens (including phenoxy) is 3. The van der Waals surface area contributed by atoms with Gasteiger partial charge < -0.3 is 14.2 Å². The van der Waals surface area contributed by atoms with E-state index in [1.54, 1.807) is 21.3 Å².